The van der Waals surface area contributed by atoms with Gasteiger partial charge in [0.2, 0.25) is 11.8 Å². The molecule has 2 heterocycles. The van der Waals surface area contributed by atoms with Gasteiger partial charge in [0.15, 0.2) is 0 Å². The number of amides is 3. The molecule has 7 atom stereocenters. The highest BCUT2D eigenvalue weighted by atomic mass is 32.1. The van der Waals surface area contributed by atoms with E-state index in [0.717, 1.165) is 43.4 Å². The summed E-state index contributed by atoms with van der Waals surface area (Å²) in [6.45, 7) is 16.8. The van der Waals surface area contributed by atoms with E-state index in [-0.39, 0.29) is 60.4 Å². The summed E-state index contributed by atoms with van der Waals surface area (Å²) < 4.78 is 6.36. The van der Waals surface area contributed by atoms with Crippen molar-refractivity contribution < 1.29 is 29.0 Å². The van der Waals surface area contributed by atoms with Crippen LogP contribution in [-0.2, 0) is 25.5 Å². The molecule has 3 amide bonds. The second-order valence-electron chi connectivity index (χ2n) is 15.0. The van der Waals surface area contributed by atoms with Gasteiger partial charge in [-0.1, -0.05) is 89.9 Å². The first kappa shape index (κ1) is 42.8. The van der Waals surface area contributed by atoms with E-state index < -0.39 is 30.1 Å². The second-order valence-corrected chi connectivity index (χ2v) is 15.9. The highest BCUT2D eigenvalue weighted by Crippen LogP contribution is 2.31. The summed E-state index contributed by atoms with van der Waals surface area (Å²) in [5.74, 6) is -2.22. The zero-order valence-electron chi connectivity index (χ0n) is 32.4. The quantitative estimate of drug-likeness (QED) is 0.138. The van der Waals surface area contributed by atoms with Gasteiger partial charge in [-0.3, -0.25) is 24.1 Å². The molecule has 0 saturated carbocycles. The molecule has 1 aliphatic heterocycles. The third-order valence-electron chi connectivity index (χ3n) is 10.2. The van der Waals surface area contributed by atoms with Crippen molar-refractivity contribution in [3.05, 3.63) is 64.1 Å². The summed E-state index contributed by atoms with van der Waals surface area (Å²) in [5.41, 5.74) is 2.05. The highest BCUT2D eigenvalue weighted by Gasteiger charge is 2.37. The third-order valence-corrected chi connectivity index (χ3v) is 11.1. The van der Waals surface area contributed by atoms with Crippen LogP contribution in [0.15, 0.2) is 47.9 Å². The Morgan fingerprint density at radius 2 is 1.79 bits per heavy atom. The van der Waals surface area contributed by atoms with Crippen molar-refractivity contribution >= 4 is 35.0 Å². The van der Waals surface area contributed by atoms with Gasteiger partial charge in [0.1, 0.15) is 22.8 Å². The van der Waals surface area contributed by atoms with Crippen LogP contribution in [0.3, 0.4) is 0 Å². The van der Waals surface area contributed by atoms with Crippen molar-refractivity contribution in [1.29, 1.82) is 0 Å². The largest absolute Gasteiger partial charge is 0.481 e. The number of carboxylic acids is 1. The summed E-state index contributed by atoms with van der Waals surface area (Å²) >= 11 is 1.31. The van der Waals surface area contributed by atoms with Gasteiger partial charge in [0, 0.05) is 30.9 Å². The molecule has 1 saturated heterocycles. The van der Waals surface area contributed by atoms with Crippen molar-refractivity contribution in [1.82, 2.24) is 25.4 Å². The van der Waals surface area contributed by atoms with Gasteiger partial charge in [-0.15, -0.1) is 11.3 Å². The Morgan fingerprint density at radius 3 is 2.38 bits per heavy atom. The number of benzene rings is 1. The molecular formula is C40H61N5O6S. The number of aromatic nitrogens is 1. The van der Waals surface area contributed by atoms with Crippen molar-refractivity contribution in [2.24, 2.45) is 17.8 Å². The lowest BCUT2D eigenvalue weighted by atomic mass is 9.92. The lowest BCUT2D eigenvalue weighted by Gasteiger charge is -2.38. The molecule has 3 N–H and O–H groups in total. The molecule has 12 heteroatoms. The molecule has 11 nitrogen and oxygen atoms in total. The van der Waals surface area contributed by atoms with Crippen molar-refractivity contribution in [2.75, 3.05) is 27.2 Å². The Labute approximate surface area is 314 Å². The number of rotatable bonds is 20. The number of carbonyl (C=O) groups is 4. The fourth-order valence-electron chi connectivity index (χ4n) is 6.72. The number of hydrogen-bond donors (Lipinski definition) is 3. The van der Waals surface area contributed by atoms with E-state index in [1.165, 1.54) is 11.3 Å². The topological polar surface area (TPSA) is 141 Å². The zero-order valence-corrected chi connectivity index (χ0v) is 33.2. The number of nitrogens with one attached hydrogen (secondary N) is 2. The predicted octanol–water partition coefficient (Wildman–Crippen LogP) is 6.12. The Morgan fingerprint density at radius 1 is 1.10 bits per heavy atom. The average molecular weight is 740 g/mol. The minimum Gasteiger partial charge on any atom is -0.481 e. The molecule has 52 heavy (non-hydrogen) atoms. The predicted molar refractivity (Wildman–Crippen MR) is 206 cm³/mol. The number of ether oxygens (including phenoxy) is 1. The lowest BCUT2D eigenvalue weighted by molar-refractivity contribution is -0.141. The maximum Gasteiger partial charge on any atom is 0.306 e. The fourth-order valence-corrected chi connectivity index (χ4v) is 7.58. The van der Waals surface area contributed by atoms with Crippen LogP contribution in [0.2, 0.25) is 0 Å². The summed E-state index contributed by atoms with van der Waals surface area (Å²) in [5, 5.41) is 18.0. The molecule has 3 rings (SSSR count). The van der Waals surface area contributed by atoms with E-state index in [9.17, 15) is 24.3 Å². The second kappa shape index (κ2) is 20.6. The van der Waals surface area contributed by atoms with Crippen molar-refractivity contribution in [3.8, 4) is 0 Å². The van der Waals surface area contributed by atoms with Gasteiger partial charge in [-0.05, 0) is 63.6 Å². The number of hydrogen-bond acceptors (Lipinski definition) is 8. The van der Waals surface area contributed by atoms with Crippen LogP contribution in [0.4, 0.5) is 0 Å². The molecule has 1 aromatic carbocycles. The number of carbonyl (C=O) groups excluding carboxylic acids is 3. The van der Waals surface area contributed by atoms with E-state index in [1.807, 2.05) is 58.2 Å². The van der Waals surface area contributed by atoms with Gasteiger partial charge >= 0.3 is 5.97 Å². The molecule has 1 aliphatic rings. The normalized spacial score (nSPS) is 18.4. The Balaban J connectivity index is 1.83. The number of piperidine rings is 1. The molecule has 288 valence electrons. The van der Waals surface area contributed by atoms with Gasteiger partial charge in [0.25, 0.3) is 5.91 Å². The Bertz CT molecular complexity index is 1480. The first-order valence-corrected chi connectivity index (χ1v) is 19.6. The van der Waals surface area contributed by atoms with E-state index in [1.54, 1.807) is 24.3 Å². The monoisotopic (exact) mass is 739 g/mol. The maximum atomic E-state index is 14.3. The first-order chi connectivity index (χ1) is 24.6. The van der Waals surface area contributed by atoms with E-state index in [0.29, 0.717) is 17.8 Å². The highest BCUT2D eigenvalue weighted by molar-refractivity contribution is 7.09. The molecule has 0 radical (unpaired) electrons. The number of likely N-dealkylation sites (N-methyl/N-ethyl adjacent to an activating group) is 2. The van der Waals surface area contributed by atoms with Crippen LogP contribution in [0.25, 0.3) is 0 Å². The van der Waals surface area contributed by atoms with Gasteiger partial charge in [0.05, 0.1) is 18.6 Å². The van der Waals surface area contributed by atoms with Gasteiger partial charge in [-0.2, -0.15) is 0 Å². The van der Waals surface area contributed by atoms with Crippen LogP contribution in [-0.4, -0.2) is 95.0 Å². The number of carboxylic acid groups (broad SMARTS) is 1. The maximum absolute atomic E-state index is 14.3. The SMILES string of the molecule is C=C(C)CO[C@H](C[C@H](C(C)C)N(C)C(=O)[C@@H](NC(=O)[C@H]1CCCCN1C)[C@@H](C)CC)c1nc(C(=O)NC(Cc2ccccc2)CC(C)C(=O)O)cs1. The van der Waals surface area contributed by atoms with Crippen LogP contribution in [0.1, 0.15) is 107 Å². The number of aliphatic carboxylic acids is 1. The zero-order chi connectivity index (χ0) is 38.5. The lowest BCUT2D eigenvalue weighted by Crippen LogP contribution is -2.58. The fraction of sp³-hybridized carbons (Fsp3) is 0.625. The summed E-state index contributed by atoms with van der Waals surface area (Å²) in [6, 6.07) is 8.06. The molecule has 0 bridgehead atoms. The third kappa shape index (κ3) is 12.5. The van der Waals surface area contributed by atoms with E-state index >= 15 is 0 Å². The molecule has 1 fully saturated rings. The minimum atomic E-state index is -0.918. The number of thiazole rings is 1. The Kier molecular flexibility index (Phi) is 16.9. The van der Waals surface area contributed by atoms with Gasteiger partial charge in [-0.25, -0.2) is 4.98 Å². The van der Waals surface area contributed by atoms with Crippen LogP contribution in [0, 0.1) is 17.8 Å². The molecule has 2 aromatic rings. The van der Waals surface area contributed by atoms with Crippen LogP contribution in [0.5, 0.6) is 0 Å². The molecular weight excluding hydrogens is 679 g/mol. The van der Waals surface area contributed by atoms with Gasteiger partial charge < -0.3 is 25.4 Å². The van der Waals surface area contributed by atoms with E-state index in [2.05, 4.69) is 36.0 Å². The first-order valence-electron chi connectivity index (χ1n) is 18.7. The average Bonchev–Trinajstić information content (AvgIpc) is 3.60. The Hall–Kier alpha value is -3.61. The van der Waals surface area contributed by atoms with Crippen LogP contribution < -0.4 is 10.6 Å². The minimum absolute atomic E-state index is 0.0420. The van der Waals surface area contributed by atoms with Crippen molar-refractivity contribution in [3.63, 3.8) is 0 Å². The summed E-state index contributed by atoms with van der Waals surface area (Å²) in [6.07, 6.45) is 4.19. The molecule has 0 spiro atoms. The molecule has 0 aliphatic carbocycles. The van der Waals surface area contributed by atoms with E-state index in [4.69, 9.17) is 9.72 Å². The standard InChI is InChI=1S/C40H61N5O6S/c1-10-27(6)35(43-37(47)32-18-14-15-19-44(32)8)39(48)45(9)33(26(4)5)22-34(51-23-25(2)3)38-42-31(24-52-38)36(46)41-30(20-28(7)40(49)50)21-29-16-12-11-13-17-29/h11-13,16-17,24,26-28,30,32-35H,2,10,14-15,18-23H2,1,3-9H3,(H,41,46)(H,43,47)(H,49,50)/t27-,28?,30?,32+,33+,34+,35-/m0/s1. The molecule has 1 aromatic heterocycles. The molecule has 2 unspecified atom stereocenters. The van der Waals surface area contributed by atoms with Crippen LogP contribution >= 0.6 is 11.3 Å². The number of nitrogens with zero attached hydrogens (tertiary/aromatic N) is 3. The smallest absolute Gasteiger partial charge is 0.306 e. The van der Waals surface area contributed by atoms with Crippen molar-refractivity contribution in [2.45, 2.75) is 117 Å². The summed E-state index contributed by atoms with van der Waals surface area (Å²) in [7, 11) is 3.76. The number of likely N-dealkylation sites (tertiary alicyclic amines) is 1. The summed E-state index contributed by atoms with van der Waals surface area (Å²) in [4.78, 5) is 61.5.